The Hall–Kier alpha value is -2.07. The van der Waals surface area contributed by atoms with Crippen LogP contribution in [0.3, 0.4) is 0 Å². The fourth-order valence-electron chi connectivity index (χ4n) is 1.94. The fourth-order valence-corrected chi connectivity index (χ4v) is 1.94. The number of nitrogens with one attached hydrogen (secondary N) is 2. The van der Waals surface area contributed by atoms with Crippen LogP contribution in [0, 0.1) is 0 Å². The highest BCUT2D eigenvalue weighted by Gasteiger charge is 2.09. The van der Waals surface area contributed by atoms with Crippen molar-refractivity contribution in [2.45, 2.75) is 13.0 Å². The zero-order valence-electron chi connectivity index (χ0n) is 11.0. The van der Waals surface area contributed by atoms with Gasteiger partial charge in [-0.3, -0.25) is 4.98 Å². The number of hydrogen-bond acceptors (Lipinski definition) is 4. The molecule has 1 unspecified atom stereocenters. The third-order valence-corrected chi connectivity index (χ3v) is 2.84. The minimum Gasteiger partial charge on any atom is -0.394 e. The van der Waals surface area contributed by atoms with Crippen molar-refractivity contribution in [3.05, 3.63) is 54.4 Å². The summed E-state index contributed by atoms with van der Waals surface area (Å²) < 4.78 is 0. The second-order valence-corrected chi connectivity index (χ2v) is 4.28. The maximum Gasteiger partial charge on any atom is 0.0745 e. The third kappa shape index (κ3) is 3.69. The molecular weight excluding hydrogens is 238 g/mol. The van der Waals surface area contributed by atoms with Gasteiger partial charge in [-0.15, -0.1) is 0 Å². The lowest BCUT2D eigenvalue weighted by Gasteiger charge is -2.18. The van der Waals surface area contributed by atoms with Crippen molar-refractivity contribution in [1.82, 2.24) is 4.98 Å². The summed E-state index contributed by atoms with van der Waals surface area (Å²) in [4.78, 5) is 4.18. The van der Waals surface area contributed by atoms with Gasteiger partial charge >= 0.3 is 0 Å². The van der Waals surface area contributed by atoms with Crippen LogP contribution >= 0.6 is 0 Å². The molecule has 1 atom stereocenters. The van der Waals surface area contributed by atoms with Gasteiger partial charge in [-0.2, -0.15) is 0 Å². The number of aliphatic hydroxyl groups excluding tert-OH is 1. The molecule has 2 aromatic rings. The maximum absolute atomic E-state index is 9.51. The summed E-state index contributed by atoms with van der Waals surface area (Å²) in [5.41, 5.74) is 2.91. The Morgan fingerprint density at radius 1 is 1.16 bits per heavy atom. The lowest BCUT2D eigenvalue weighted by molar-refractivity contribution is 0.276. The second-order valence-electron chi connectivity index (χ2n) is 4.28. The minimum absolute atomic E-state index is 0.0372. The number of anilines is 2. The van der Waals surface area contributed by atoms with E-state index < -0.39 is 0 Å². The summed E-state index contributed by atoms with van der Waals surface area (Å²) in [5, 5.41) is 16.0. The van der Waals surface area contributed by atoms with Gasteiger partial charge in [0.25, 0.3) is 0 Å². The molecule has 1 aromatic heterocycles. The molecule has 0 saturated heterocycles. The van der Waals surface area contributed by atoms with Gasteiger partial charge in [0.1, 0.15) is 0 Å². The maximum atomic E-state index is 9.51. The van der Waals surface area contributed by atoms with Crippen LogP contribution in [0.25, 0.3) is 0 Å². The van der Waals surface area contributed by atoms with Crippen LogP contribution < -0.4 is 10.6 Å². The van der Waals surface area contributed by atoms with E-state index in [0.29, 0.717) is 0 Å². The number of nitrogens with zero attached hydrogens (tertiary/aromatic N) is 1. The van der Waals surface area contributed by atoms with Crippen LogP contribution in [0.5, 0.6) is 0 Å². The topological polar surface area (TPSA) is 57.2 Å². The molecule has 0 aliphatic rings. The number of hydrogen-bond donors (Lipinski definition) is 3. The molecule has 0 spiro atoms. The summed E-state index contributed by atoms with van der Waals surface area (Å²) in [6, 6.07) is 11.7. The van der Waals surface area contributed by atoms with E-state index in [4.69, 9.17) is 0 Å². The highest BCUT2D eigenvalue weighted by molar-refractivity contribution is 5.54. The van der Waals surface area contributed by atoms with Gasteiger partial charge in [0.15, 0.2) is 0 Å². The zero-order chi connectivity index (χ0) is 13.5. The molecule has 100 valence electrons. The second kappa shape index (κ2) is 6.75. The molecule has 4 heteroatoms. The zero-order valence-corrected chi connectivity index (χ0v) is 11.0. The third-order valence-electron chi connectivity index (χ3n) is 2.84. The van der Waals surface area contributed by atoms with E-state index in [1.807, 2.05) is 43.3 Å². The smallest absolute Gasteiger partial charge is 0.0745 e. The van der Waals surface area contributed by atoms with Gasteiger partial charge in [-0.1, -0.05) is 30.3 Å². The van der Waals surface area contributed by atoms with Gasteiger partial charge in [0.05, 0.1) is 36.4 Å². The molecule has 3 N–H and O–H groups in total. The van der Waals surface area contributed by atoms with Crippen molar-refractivity contribution in [2.24, 2.45) is 0 Å². The molecule has 0 radical (unpaired) electrons. The summed E-state index contributed by atoms with van der Waals surface area (Å²) in [7, 11) is 0. The first kappa shape index (κ1) is 13.4. The van der Waals surface area contributed by atoms with Gasteiger partial charge in [-0.25, -0.2) is 0 Å². The summed E-state index contributed by atoms with van der Waals surface area (Å²) in [5.74, 6) is 0. The Morgan fingerprint density at radius 3 is 2.58 bits per heavy atom. The molecule has 0 amide bonds. The number of benzene rings is 1. The standard InChI is InChI=1S/C15H19N3O/c1-2-17-13-8-14(10-16-9-13)18-15(11-19)12-6-4-3-5-7-12/h3-10,15,17-19H,2,11H2,1H3. The molecule has 19 heavy (non-hydrogen) atoms. The summed E-state index contributed by atoms with van der Waals surface area (Å²) >= 11 is 0. The van der Waals surface area contributed by atoms with E-state index in [1.165, 1.54) is 0 Å². The van der Waals surface area contributed by atoms with Crippen molar-refractivity contribution >= 4 is 11.4 Å². The van der Waals surface area contributed by atoms with Gasteiger partial charge in [-0.05, 0) is 18.6 Å². The van der Waals surface area contributed by atoms with Crippen molar-refractivity contribution in [3.63, 3.8) is 0 Å². The van der Waals surface area contributed by atoms with Crippen LogP contribution in [-0.4, -0.2) is 23.2 Å². The Morgan fingerprint density at radius 2 is 1.89 bits per heavy atom. The molecule has 0 saturated carbocycles. The van der Waals surface area contributed by atoms with Crippen molar-refractivity contribution < 1.29 is 5.11 Å². The quantitative estimate of drug-likeness (QED) is 0.744. The molecule has 1 aromatic carbocycles. The Bertz CT molecular complexity index is 502. The average molecular weight is 257 g/mol. The molecule has 0 bridgehead atoms. The molecule has 0 aliphatic heterocycles. The van der Waals surface area contributed by atoms with Crippen molar-refractivity contribution in [3.8, 4) is 0 Å². The molecule has 1 heterocycles. The van der Waals surface area contributed by atoms with E-state index in [2.05, 4.69) is 15.6 Å². The van der Waals surface area contributed by atoms with Crippen LogP contribution in [0.2, 0.25) is 0 Å². The molecule has 0 fully saturated rings. The van der Waals surface area contributed by atoms with E-state index in [9.17, 15) is 5.11 Å². The normalized spacial score (nSPS) is 11.9. The Labute approximate surface area is 113 Å². The minimum atomic E-state index is -0.125. The average Bonchev–Trinajstić information content (AvgIpc) is 2.46. The van der Waals surface area contributed by atoms with Crippen LogP contribution in [0.15, 0.2) is 48.8 Å². The molecule has 4 nitrogen and oxygen atoms in total. The largest absolute Gasteiger partial charge is 0.394 e. The number of aromatic nitrogens is 1. The first-order chi connectivity index (χ1) is 9.33. The van der Waals surface area contributed by atoms with Crippen LogP contribution in [-0.2, 0) is 0 Å². The number of pyridine rings is 1. The highest BCUT2D eigenvalue weighted by Crippen LogP contribution is 2.20. The van der Waals surface area contributed by atoms with E-state index >= 15 is 0 Å². The Balaban J connectivity index is 2.12. The lowest BCUT2D eigenvalue weighted by atomic mass is 10.1. The first-order valence-electron chi connectivity index (χ1n) is 6.44. The van der Waals surface area contributed by atoms with Crippen LogP contribution in [0.1, 0.15) is 18.5 Å². The van der Waals surface area contributed by atoms with E-state index in [0.717, 1.165) is 23.5 Å². The fraction of sp³-hybridized carbons (Fsp3) is 0.267. The predicted octanol–water partition coefficient (Wildman–Crippen LogP) is 2.66. The first-order valence-corrected chi connectivity index (χ1v) is 6.44. The van der Waals surface area contributed by atoms with Gasteiger partial charge in [0.2, 0.25) is 0 Å². The summed E-state index contributed by atoms with van der Waals surface area (Å²) in [6.45, 7) is 2.93. The lowest BCUT2D eigenvalue weighted by Crippen LogP contribution is -2.15. The number of aliphatic hydroxyl groups is 1. The number of rotatable bonds is 6. The summed E-state index contributed by atoms with van der Waals surface area (Å²) in [6.07, 6.45) is 3.54. The van der Waals surface area contributed by atoms with Crippen molar-refractivity contribution in [2.75, 3.05) is 23.8 Å². The molecular formula is C15H19N3O. The monoisotopic (exact) mass is 257 g/mol. The van der Waals surface area contributed by atoms with E-state index in [1.54, 1.807) is 12.4 Å². The predicted molar refractivity (Wildman–Crippen MR) is 78.3 cm³/mol. The van der Waals surface area contributed by atoms with Crippen molar-refractivity contribution in [1.29, 1.82) is 0 Å². The highest BCUT2D eigenvalue weighted by atomic mass is 16.3. The SMILES string of the molecule is CCNc1cncc(NC(CO)c2ccccc2)c1. The molecule has 0 aliphatic carbocycles. The van der Waals surface area contributed by atoms with Gasteiger partial charge in [0, 0.05) is 6.54 Å². The van der Waals surface area contributed by atoms with Crippen LogP contribution in [0.4, 0.5) is 11.4 Å². The molecule has 2 rings (SSSR count). The van der Waals surface area contributed by atoms with Gasteiger partial charge < -0.3 is 15.7 Å². The Kier molecular flexibility index (Phi) is 4.75. The van der Waals surface area contributed by atoms with E-state index in [-0.39, 0.29) is 12.6 Å².